The number of carbonyl (C=O) groups is 3. The summed E-state index contributed by atoms with van der Waals surface area (Å²) in [4.78, 5) is 37.4. The minimum Gasteiger partial charge on any atom is -0.542 e. The number of alkyl halides is 3. The number of phenols is 1. The summed E-state index contributed by atoms with van der Waals surface area (Å²) in [6.45, 7) is 1.99. The van der Waals surface area contributed by atoms with Crippen LogP contribution in [0.2, 0.25) is 0 Å². The number of phenolic OH excluding ortho intramolecular Hbond substituents is 1. The number of amides is 3. The normalized spacial score (nSPS) is 17.1. The van der Waals surface area contributed by atoms with E-state index >= 15 is 0 Å². The number of nitrogens with two attached hydrogens (primary N) is 1. The van der Waals surface area contributed by atoms with Gasteiger partial charge in [0.05, 0.1) is 40.4 Å². The molecule has 312 valence electrons. The Balaban J connectivity index is 0.000000973. The predicted molar refractivity (Wildman–Crippen MR) is 200 cm³/mol. The van der Waals surface area contributed by atoms with Crippen LogP contribution in [0.1, 0.15) is 24.0 Å². The van der Waals surface area contributed by atoms with Crippen LogP contribution in [0.4, 0.5) is 28.0 Å². The summed E-state index contributed by atoms with van der Waals surface area (Å²) >= 11 is 0. The van der Waals surface area contributed by atoms with Gasteiger partial charge in [-0.1, -0.05) is 12.1 Å². The van der Waals surface area contributed by atoms with E-state index in [0.717, 1.165) is 42.8 Å². The topological polar surface area (TPSA) is 198 Å². The van der Waals surface area contributed by atoms with Gasteiger partial charge in [-0.2, -0.15) is 21.6 Å². The molecule has 3 atom stereocenters. The molecule has 1 fully saturated rings. The van der Waals surface area contributed by atoms with Crippen molar-refractivity contribution in [2.75, 3.05) is 39.7 Å². The summed E-state index contributed by atoms with van der Waals surface area (Å²) in [6, 6.07) is 20.1. The van der Waals surface area contributed by atoms with E-state index in [4.69, 9.17) is 29.3 Å². The van der Waals surface area contributed by atoms with Gasteiger partial charge in [-0.3, -0.25) is 4.79 Å². The molecule has 0 bridgehead atoms. The molecular weight excluding hydrogens is 793 g/mol. The van der Waals surface area contributed by atoms with Gasteiger partial charge in [0.2, 0.25) is 5.91 Å². The highest BCUT2D eigenvalue weighted by Gasteiger charge is 2.41. The number of halogens is 4. The number of rotatable bonds is 13. The number of likely N-dealkylation sites (tertiary alicyclic amines) is 1. The summed E-state index contributed by atoms with van der Waals surface area (Å²) in [6.07, 6.45) is -3.68. The second-order valence-electron chi connectivity index (χ2n) is 13.6. The third kappa shape index (κ3) is 12.2. The van der Waals surface area contributed by atoms with Crippen LogP contribution in [0, 0.1) is 5.82 Å². The molecule has 0 spiro atoms. The van der Waals surface area contributed by atoms with Crippen LogP contribution in [0.15, 0.2) is 95.9 Å². The lowest BCUT2D eigenvalue weighted by atomic mass is 9.96. The molecule has 1 saturated heterocycles. The number of aliphatic carboxylic acids is 1. The molecule has 1 aliphatic rings. The Hall–Kier alpha value is -6.08. The fraction of sp³-hybridized carbons (Fsp3) is 0.308. The molecule has 0 aliphatic carbocycles. The first-order valence-electron chi connectivity index (χ1n) is 17.5. The minimum atomic E-state index is -5.19. The first-order chi connectivity index (χ1) is 27.2. The number of hydrogen-bond acceptors (Lipinski definition) is 10. The van der Waals surface area contributed by atoms with Crippen molar-refractivity contribution in [1.29, 1.82) is 0 Å². The Morgan fingerprint density at radius 1 is 0.948 bits per heavy atom. The predicted octanol–water partition coefficient (Wildman–Crippen LogP) is 4.35. The van der Waals surface area contributed by atoms with Crippen molar-refractivity contribution in [2.45, 2.75) is 49.0 Å². The highest BCUT2D eigenvalue weighted by atomic mass is 32.2. The van der Waals surface area contributed by atoms with E-state index in [-0.39, 0.29) is 28.9 Å². The van der Waals surface area contributed by atoms with Crippen molar-refractivity contribution >= 4 is 33.7 Å². The third-order valence-electron chi connectivity index (χ3n) is 9.20. The van der Waals surface area contributed by atoms with Crippen LogP contribution in [0.25, 0.3) is 0 Å². The van der Waals surface area contributed by atoms with Gasteiger partial charge < -0.3 is 49.1 Å². The first-order valence-corrected chi connectivity index (χ1v) is 18.9. The second-order valence-corrected chi connectivity index (χ2v) is 15.1. The van der Waals surface area contributed by atoms with E-state index in [0.29, 0.717) is 46.7 Å². The molecule has 1 heterocycles. The van der Waals surface area contributed by atoms with E-state index in [1.165, 1.54) is 41.3 Å². The van der Waals surface area contributed by atoms with Gasteiger partial charge in [-0.15, -0.1) is 0 Å². The number of carboxylic acids is 1. The van der Waals surface area contributed by atoms with Gasteiger partial charge in [0.15, 0.2) is 11.5 Å². The number of aromatic hydroxyl groups is 1. The number of carbonyl (C=O) groups excluding carboxylic acids is 3. The molecule has 0 radical (unpaired) electrons. The fourth-order valence-corrected chi connectivity index (χ4v) is 7.43. The number of ether oxygens (including phenoxy) is 2. The lowest BCUT2D eigenvalue weighted by Gasteiger charge is -2.46. The number of carboxylic acid groups (broad SMARTS) is 1. The smallest absolute Gasteiger partial charge is 0.430 e. The Labute approximate surface area is 332 Å². The second kappa shape index (κ2) is 18.9. The maximum absolute atomic E-state index is 14.2. The largest absolute Gasteiger partial charge is 0.542 e. The van der Waals surface area contributed by atoms with Crippen LogP contribution in [0.5, 0.6) is 23.0 Å². The van der Waals surface area contributed by atoms with Crippen LogP contribution < -0.4 is 29.8 Å². The Bertz CT molecular complexity index is 2160. The summed E-state index contributed by atoms with van der Waals surface area (Å²) < 4.78 is 86.9. The van der Waals surface area contributed by atoms with Crippen LogP contribution in [-0.2, 0) is 32.7 Å². The van der Waals surface area contributed by atoms with Gasteiger partial charge >= 0.3 is 22.3 Å². The quantitative estimate of drug-likeness (QED) is 0.0990. The number of methoxy groups -OCH3 is 2. The number of quaternary nitrogens is 1. The molecule has 4 aromatic carbocycles. The number of anilines is 1. The summed E-state index contributed by atoms with van der Waals surface area (Å²) in [5.74, 6) is -3.00. The maximum Gasteiger partial charge on any atom is 0.430 e. The number of primary amides is 1. The molecule has 19 heteroatoms. The van der Waals surface area contributed by atoms with Gasteiger partial charge in [0.25, 0.3) is 0 Å². The molecule has 3 amide bonds. The molecule has 5 rings (SSSR count). The highest BCUT2D eigenvalue weighted by molar-refractivity contribution is 7.87. The fourth-order valence-electron chi connectivity index (χ4n) is 6.50. The van der Waals surface area contributed by atoms with E-state index in [9.17, 15) is 40.7 Å². The molecule has 1 aliphatic heterocycles. The summed E-state index contributed by atoms with van der Waals surface area (Å²) in [7, 11) is 1.04. The number of benzene rings is 4. The summed E-state index contributed by atoms with van der Waals surface area (Å²) in [5, 5.41) is 21.5. The zero-order chi connectivity index (χ0) is 42.8. The summed E-state index contributed by atoms with van der Waals surface area (Å²) in [5.41, 5.74) is 8.05. The number of nitrogens with one attached hydrogen (secondary N) is 1. The zero-order valence-electron chi connectivity index (χ0n) is 31.6. The standard InChI is InChI=1S/C37H41FN4O8S.C2HF3O2/c1-42(23-26-8-19-34(48-2)35(22-26)49-3)20-4-5-29(24-42)41(33(36(39)44)21-25-6-13-30(43)14-7-25)37(45)40-28-11-15-31(16-12-28)50-51(46,47)32-17-9-27(38)10-18-32;3-2(4,5)1(6)7/h6-19,22,29,33H,4-5,20-21,23-24H2,1-3H3,(H3-,39,40,43,44,45);(H,6,7)/t29-,33-,42?;/m0./s1. The average Bonchev–Trinajstić information content (AvgIpc) is 3.16. The lowest BCUT2D eigenvalue weighted by Crippen LogP contribution is -2.62. The molecule has 0 aromatic heterocycles. The van der Waals surface area contributed by atoms with Gasteiger partial charge in [0, 0.05) is 17.7 Å². The Morgan fingerprint density at radius 2 is 1.53 bits per heavy atom. The van der Waals surface area contributed by atoms with Crippen LogP contribution in [-0.4, -0.2) is 93.4 Å². The van der Waals surface area contributed by atoms with Crippen molar-refractivity contribution < 1.29 is 68.7 Å². The number of urea groups is 1. The Kier molecular flexibility index (Phi) is 14.6. The van der Waals surface area contributed by atoms with Crippen molar-refractivity contribution in [3.63, 3.8) is 0 Å². The number of piperidine rings is 1. The highest BCUT2D eigenvalue weighted by Crippen LogP contribution is 2.32. The van der Waals surface area contributed by atoms with Gasteiger partial charge in [-0.25, -0.2) is 9.18 Å². The van der Waals surface area contributed by atoms with Gasteiger partial charge in [-0.05, 0) is 97.3 Å². The molecule has 14 nitrogen and oxygen atoms in total. The van der Waals surface area contributed by atoms with Crippen molar-refractivity contribution in [3.05, 3.63) is 108 Å². The van der Waals surface area contributed by atoms with E-state index in [1.807, 2.05) is 18.2 Å². The Morgan fingerprint density at radius 3 is 2.09 bits per heavy atom. The zero-order valence-corrected chi connectivity index (χ0v) is 32.4. The SMILES string of the molecule is COc1ccc(C[N+]2(C)CCC[C@H](N(C(=O)Nc3ccc(OS(=O)(=O)c4ccc(F)cc4)cc3)[C@@H](Cc3ccc(O)cc3)C(N)=O)C2)cc1OC.O=C([O-])C(F)(F)F. The molecule has 1 unspecified atom stereocenters. The van der Waals surface area contributed by atoms with E-state index < -0.39 is 46.1 Å². The third-order valence-corrected chi connectivity index (χ3v) is 10.5. The van der Waals surface area contributed by atoms with E-state index in [1.54, 1.807) is 26.4 Å². The maximum atomic E-state index is 14.2. The van der Waals surface area contributed by atoms with Crippen molar-refractivity contribution in [3.8, 4) is 23.0 Å². The molecule has 4 aromatic rings. The van der Waals surface area contributed by atoms with Crippen molar-refractivity contribution in [1.82, 2.24) is 4.90 Å². The average molecular weight is 835 g/mol. The monoisotopic (exact) mass is 834 g/mol. The van der Waals surface area contributed by atoms with Crippen LogP contribution >= 0.6 is 0 Å². The van der Waals surface area contributed by atoms with Gasteiger partial charge in [0.1, 0.15) is 40.8 Å². The first kappa shape index (κ1) is 44.6. The molecule has 0 saturated carbocycles. The molecular formula is C39H42F4N4O10S. The van der Waals surface area contributed by atoms with Crippen molar-refractivity contribution in [2.24, 2.45) is 5.73 Å². The van der Waals surface area contributed by atoms with E-state index in [2.05, 4.69) is 12.4 Å². The van der Waals surface area contributed by atoms with Crippen LogP contribution in [0.3, 0.4) is 0 Å². The number of likely N-dealkylation sites (N-methyl/N-ethyl adjacent to an activating group) is 1. The number of nitrogens with zero attached hydrogens (tertiary/aromatic N) is 2. The molecule has 4 N–H and O–H groups in total. The number of hydrogen-bond donors (Lipinski definition) is 3. The molecule has 58 heavy (non-hydrogen) atoms. The lowest BCUT2D eigenvalue weighted by molar-refractivity contribution is -0.928. The minimum absolute atomic E-state index is 0.0213.